The van der Waals surface area contributed by atoms with Crippen LogP contribution in [0.1, 0.15) is 28.2 Å². The van der Waals surface area contributed by atoms with Crippen LogP contribution in [0.2, 0.25) is 0 Å². The Morgan fingerprint density at radius 3 is 2.91 bits per heavy atom. The van der Waals surface area contributed by atoms with Crippen LogP contribution in [-0.4, -0.2) is 40.1 Å². The number of aryl methyl sites for hydroxylation is 1. The number of piperidine rings is 1. The van der Waals surface area contributed by atoms with Crippen molar-refractivity contribution in [3.63, 3.8) is 0 Å². The third-order valence-electron chi connectivity index (χ3n) is 3.95. The van der Waals surface area contributed by atoms with Gasteiger partial charge in [0.2, 0.25) is 0 Å². The highest BCUT2D eigenvalue weighted by atomic mass is 32.1. The largest absolute Gasteiger partial charge is 0.493 e. The number of carbonyl (C=O) groups excluding carboxylic acids is 1. The van der Waals surface area contributed by atoms with Gasteiger partial charge in [-0.25, -0.2) is 4.39 Å². The van der Waals surface area contributed by atoms with E-state index in [1.165, 1.54) is 12.1 Å². The zero-order chi connectivity index (χ0) is 16.2. The van der Waals surface area contributed by atoms with Gasteiger partial charge in [0.1, 0.15) is 16.4 Å². The van der Waals surface area contributed by atoms with Crippen LogP contribution in [0.5, 0.6) is 5.75 Å². The molecule has 3 rings (SSSR count). The molecule has 0 bridgehead atoms. The summed E-state index contributed by atoms with van der Waals surface area (Å²) in [5.41, 5.74) is 0.685. The summed E-state index contributed by atoms with van der Waals surface area (Å²) < 4.78 is 22.4. The standard InChI is InChI=1S/C16H18FN3O2S/c1-11-15(23-19-18-11)16(21)20-8-2-3-12(9-20)10-22-14-6-4-13(17)5-7-14/h4-7,12H,2-3,8-10H2,1H3. The van der Waals surface area contributed by atoms with Crippen molar-refractivity contribution in [3.05, 3.63) is 40.7 Å². The van der Waals surface area contributed by atoms with Gasteiger partial charge in [0.05, 0.1) is 12.3 Å². The molecule has 1 atom stereocenters. The highest BCUT2D eigenvalue weighted by Crippen LogP contribution is 2.22. The number of amides is 1. The van der Waals surface area contributed by atoms with Gasteiger partial charge in [-0.15, -0.1) is 5.10 Å². The summed E-state index contributed by atoms with van der Waals surface area (Å²) in [7, 11) is 0. The fourth-order valence-electron chi connectivity index (χ4n) is 2.70. The zero-order valence-electron chi connectivity index (χ0n) is 12.9. The number of benzene rings is 1. The molecule has 1 aromatic heterocycles. The number of ether oxygens (including phenoxy) is 1. The van der Waals surface area contributed by atoms with Gasteiger partial charge in [0.25, 0.3) is 5.91 Å². The molecule has 5 nitrogen and oxygen atoms in total. The molecule has 2 heterocycles. The molecule has 1 aromatic carbocycles. The highest BCUT2D eigenvalue weighted by molar-refractivity contribution is 7.07. The van der Waals surface area contributed by atoms with Gasteiger partial charge in [-0.1, -0.05) is 4.49 Å². The Kier molecular flexibility index (Phi) is 4.85. The Morgan fingerprint density at radius 1 is 1.43 bits per heavy atom. The second kappa shape index (κ2) is 7.04. The summed E-state index contributed by atoms with van der Waals surface area (Å²) in [6.07, 6.45) is 1.97. The average molecular weight is 335 g/mol. The SMILES string of the molecule is Cc1nnsc1C(=O)N1CCCC(COc2ccc(F)cc2)C1. The second-order valence-electron chi connectivity index (χ2n) is 5.71. The number of hydrogen-bond donors (Lipinski definition) is 0. The van der Waals surface area contributed by atoms with E-state index < -0.39 is 0 Å². The third-order valence-corrected chi connectivity index (χ3v) is 4.77. The molecule has 122 valence electrons. The van der Waals surface area contributed by atoms with Crippen LogP contribution in [0.3, 0.4) is 0 Å². The maximum Gasteiger partial charge on any atom is 0.267 e. The van der Waals surface area contributed by atoms with Gasteiger partial charge < -0.3 is 9.64 Å². The smallest absolute Gasteiger partial charge is 0.267 e. The lowest BCUT2D eigenvalue weighted by molar-refractivity contribution is 0.0637. The Labute approximate surface area is 138 Å². The molecule has 7 heteroatoms. The van der Waals surface area contributed by atoms with E-state index in [9.17, 15) is 9.18 Å². The predicted molar refractivity (Wildman–Crippen MR) is 85.2 cm³/mol. The molecule has 2 aromatic rings. The minimum atomic E-state index is -0.277. The summed E-state index contributed by atoms with van der Waals surface area (Å²) in [6, 6.07) is 6.00. The third kappa shape index (κ3) is 3.85. The zero-order valence-corrected chi connectivity index (χ0v) is 13.7. The maximum atomic E-state index is 12.9. The number of aromatic nitrogens is 2. The summed E-state index contributed by atoms with van der Waals surface area (Å²) in [6.45, 7) is 3.74. The minimum absolute atomic E-state index is 0.00369. The maximum absolute atomic E-state index is 12.9. The molecule has 1 fully saturated rings. The first-order valence-electron chi connectivity index (χ1n) is 7.60. The Morgan fingerprint density at radius 2 is 2.22 bits per heavy atom. The number of likely N-dealkylation sites (tertiary alicyclic amines) is 1. The lowest BCUT2D eigenvalue weighted by atomic mass is 9.98. The van der Waals surface area contributed by atoms with E-state index in [1.807, 2.05) is 4.90 Å². The first-order chi connectivity index (χ1) is 11.1. The van der Waals surface area contributed by atoms with Crippen LogP contribution in [0.15, 0.2) is 24.3 Å². The van der Waals surface area contributed by atoms with Gasteiger partial charge in [-0.2, -0.15) is 0 Å². The fourth-order valence-corrected chi connectivity index (χ4v) is 3.33. The van der Waals surface area contributed by atoms with Crippen molar-refractivity contribution < 1.29 is 13.9 Å². The first-order valence-corrected chi connectivity index (χ1v) is 8.37. The van der Waals surface area contributed by atoms with Gasteiger partial charge in [-0.05, 0) is 55.6 Å². The van der Waals surface area contributed by atoms with Crippen molar-refractivity contribution in [1.29, 1.82) is 0 Å². The number of carbonyl (C=O) groups is 1. The summed E-state index contributed by atoms with van der Waals surface area (Å²) in [4.78, 5) is 15.0. The number of hydrogen-bond acceptors (Lipinski definition) is 5. The summed E-state index contributed by atoms with van der Waals surface area (Å²) >= 11 is 1.15. The topological polar surface area (TPSA) is 55.3 Å². The Hall–Kier alpha value is -2.02. The van der Waals surface area contributed by atoms with E-state index in [0.717, 1.165) is 30.9 Å². The van der Waals surface area contributed by atoms with E-state index in [2.05, 4.69) is 9.59 Å². The van der Waals surface area contributed by atoms with Crippen molar-refractivity contribution in [3.8, 4) is 5.75 Å². The summed E-state index contributed by atoms with van der Waals surface area (Å²) in [5, 5.41) is 3.90. The Bertz CT molecular complexity index is 674. The van der Waals surface area contributed by atoms with Crippen molar-refractivity contribution >= 4 is 17.4 Å². The molecular weight excluding hydrogens is 317 g/mol. The van der Waals surface area contributed by atoms with Crippen LogP contribution in [-0.2, 0) is 0 Å². The normalized spacial score (nSPS) is 18.0. The van der Waals surface area contributed by atoms with Crippen LogP contribution in [0.4, 0.5) is 4.39 Å². The molecule has 1 aliphatic rings. The van der Waals surface area contributed by atoms with Crippen molar-refractivity contribution in [2.45, 2.75) is 19.8 Å². The van der Waals surface area contributed by atoms with Gasteiger partial charge in [-0.3, -0.25) is 4.79 Å². The van der Waals surface area contributed by atoms with Crippen molar-refractivity contribution in [2.75, 3.05) is 19.7 Å². The van der Waals surface area contributed by atoms with E-state index in [0.29, 0.717) is 29.5 Å². The molecule has 23 heavy (non-hydrogen) atoms. The molecule has 1 saturated heterocycles. The molecule has 1 unspecified atom stereocenters. The number of rotatable bonds is 4. The van der Waals surface area contributed by atoms with Crippen LogP contribution < -0.4 is 4.74 Å². The van der Waals surface area contributed by atoms with Gasteiger partial charge in [0, 0.05) is 19.0 Å². The molecule has 0 aliphatic carbocycles. The monoisotopic (exact) mass is 335 g/mol. The lowest BCUT2D eigenvalue weighted by Crippen LogP contribution is -2.41. The van der Waals surface area contributed by atoms with E-state index in [1.54, 1.807) is 19.1 Å². The van der Waals surface area contributed by atoms with Gasteiger partial charge in [0.15, 0.2) is 0 Å². The van der Waals surface area contributed by atoms with Gasteiger partial charge >= 0.3 is 0 Å². The first kappa shape index (κ1) is 15.9. The molecule has 0 N–H and O–H groups in total. The number of halogens is 1. The number of nitrogens with zero attached hydrogens (tertiary/aromatic N) is 3. The lowest BCUT2D eigenvalue weighted by Gasteiger charge is -2.32. The molecular formula is C16H18FN3O2S. The van der Waals surface area contributed by atoms with E-state index >= 15 is 0 Å². The van der Waals surface area contributed by atoms with Crippen molar-refractivity contribution in [2.24, 2.45) is 5.92 Å². The molecule has 0 saturated carbocycles. The minimum Gasteiger partial charge on any atom is -0.493 e. The predicted octanol–water partition coefficient (Wildman–Crippen LogP) is 2.92. The van der Waals surface area contributed by atoms with Crippen LogP contribution in [0, 0.1) is 18.7 Å². The van der Waals surface area contributed by atoms with Crippen molar-refractivity contribution in [1.82, 2.24) is 14.5 Å². The fraction of sp³-hybridized carbons (Fsp3) is 0.438. The van der Waals surface area contributed by atoms with E-state index in [4.69, 9.17) is 4.74 Å². The quantitative estimate of drug-likeness (QED) is 0.862. The molecule has 0 radical (unpaired) electrons. The van der Waals surface area contributed by atoms with Crippen LogP contribution in [0.25, 0.3) is 0 Å². The molecule has 1 amide bonds. The van der Waals surface area contributed by atoms with Crippen LogP contribution >= 0.6 is 11.5 Å². The Balaban J connectivity index is 1.57. The summed E-state index contributed by atoms with van der Waals surface area (Å²) in [5.74, 6) is 0.653. The van der Waals surface area contributed by atoms with E-state index in [-0.39, 0.29) is 17.6 Å². The second-order valence-corrected chi connectivity index (χ2v) is 6.47. The molecule has 0 spiro atoms. The average Bonchev–Trinajstić information content (AvgIpc) is 3.00. The highest BCUT2D eigenvalue weighted by Gasteiger charge is 2.27. The molecule has 1 aliphatic heterocycles.